The highest BCUT2D eigenvalue weighted by Crippen LogP contribution is 2.23. The van der Waals surface area contributed by atoms with Gasteiger partial charge in [0.15, 0.2) is 0 Å². The predicted octanol–water partition coefficient (Wildman–Crippen LogP) is 3.36. The molecule has 1 fully saturated rings. The summed E-state index contributed by atoms with van der Waals surface area (Å²) in [6, 6.07) is 9.27. The first kappa shape index (κ1) is 13.4. The first-order valence-electron chi connectivity index (χ1n) is 7.06. The summed E-state index contributed by atoms with van der Waals surface area (Å²) in [5, 5.41) is 0. The second kappa shape index (κ2) is 6.24. The smallest absolute Gasteiger partial charge is 0.118 e. The molecule has 2 rings (SSSR count). The number of likely N-dealkylation sites (tertiary alicyclic amines) is 1. The zero-order chi connectivity index (χ0) is 13.0. The second-order valence-electron chi connectivity index (χ2n) is 5.74. The third-order valence-corrected chi connectivity index (χ3v) is 3.73. The van der Waals surface area contributed by atoms with Crippen LogP contribution in [0.5, 0.6) is 5.75 Å². The van der Waals surface area contributed by atoms with Crippen LogP contribution in [0.4, 0.5) is 0 Å². The Labute approximate surface area is 111 Å². The van der Waals surface area contributed by atoms with Crippen LogP contribution >= 0.6 is 0 Å². The largest absolute Gasteiger partial charge is 0.497 e. The van der Waals surface area contributed by atoms with E-state index >= 15 is 0 Å². The average Bonchev–Trinajstić information content (AvgIpc) is 2.77. The van der Waals surface area contributed by atoms with E-state index in [0.29, 0.717) is 0 Å². The topological polar surface area (TPSA) is 12.5 Å². The van der Waals surface area contributed by atoms with E-state index in [0.717, 1.165) is 17.7 Å². The summed E-state index contributed by atoms with van der Waals surface area (Å²) in [7, 11) is 1.72. The van der Waals surface area contributed by atoms with Gasteiger partial charge in [0.05, 0.1) is 7.11 Å². The molecule has 0 saturated carbocycles. The zero-order valence-corrected chi connectivity index (χ0v) is 11.9. The van der Waals surface area contributed by atoms with Crippen molar-refractivity contribution in [3.05, 3.63) is 29.8 Å². The molecule has 1 aromatic carbocycles. The van der Waals surface area contributed by atoms with E-state index in [2.05, 4.69) is 43.0 Å². The number of hydrogen-bond acceptors (Lipinski definition) is 2. The summed E-state index contributed by atoms with van der Waals surface area (Å²) in [5.74, 6) is 1.71. The lowest BCUT2D eigenvalue weighted by Gasteiger charge is -2.26. The molecule has 0 N–H and O–H groups in total. The molecule has 0 radical (unpaired) electrons. The second-order valence-corrected chi connectivity index (χ2v) is 5.74. The van der Waals surface area contributed by atoms with E-state index in [9.17, 15) is 0 Å². The highest BCUT2D eigenvalue weighted by Gasteiger charge is 2.24. The molecular formula is C16H25NO. The number of methoxy groups -OCH3 is 1. The minimum Gasteiger partial charge on any atom is -0.497 e. The number of nitrogens with zero attached hydrogens (tertiary/aromatic N) is 1. The molecule has 0 spiro atoms. The summed E-state index contributed by atoms with van der Waals surface area (Å²) in [4.78, 5) is 2.66. The Kier molecular flexibility index (Phi) is 4.65. The van der Waals surface area contributed by atoms with Crippen LogP contribution in [0.25, 0.3) is 0 Å². The van der Waals surface area contributed by atoms with Crippen molar-refractivity contribution < 1.29 is 4.74 Å². The van der Waals surface area contributed by atoms with Gasteiger partial charge in [-0.3, -0.25) is 4.90 Å². The number of benzene rings is 1. The maximum Gasteiger partial charge on any atom is 0.118 e. The van der Waals surface area contributed by atoms with Crippen molar-refractivity contribution in [3.63, 3.8) is 0 Å². The highest BCUT2D eigenvalue weighted by atomic mass is 16.5. The molecule has 0 aromatic heterocycles. The quantitative estimate of drug-likeness (QED) is 0.791. The Bertz CT molecular complexity index is 358. The van der Waals surface area contributed by atoms with Gasteiger partial charge in [0.25, 0.3) is 0 Å². The van der Waals surface area contributed by atoms with Gasteiger partial charge in [0, 0.05) is 12.6 Å². The number of rotatable bonds is 5. The van der Waals surface area contributed by atoms with Crippen molar-refractivity contribution in [2.24, 2.45) is 5.92 Å². The first-order chi connectivity index (χ1) is 8.69. The summed E-state index contributed by atoms with van der Waals surface area (Å²) < 4.78 is 5.20. The van der Waals surface area contributed by atoms with Crippen molar-refractivity contribution in [2.75, 3.05) is 20.2 Å². The monoisotopic (exact) mass is 247 g/mol. The van der Waals surface area contributed by atoms with Crippen LogP contribution in [0.3, 0.4) is 0 Å². The lowest BCUT2D eigenvalue weighted by atomic mass is 10.0. The molecule has 2 nitrogen and oxygen atoms in total. The first-order valence-corrected chi connectivity index (χ1v) is 7.06. The van der Waals surface area contributed by atoms with Crippen molar-refractivity contribution in [2.45, 2.75) is 39.2 Å². The van der Waals surface area contributed by atoms with Gasteiger partial charge >= 0.3 is 0 Å². The van der Waals surface area contributed by atoms with Gasteiger partial charge in [0.2, 0.25) is 0 Å². The molecule has 100 valence electrons. The minimum atomic E-state index is 0.737. The van der Waals surface area contributed by atoms with Gasteiger partial charge in [-0.2, -0.15) is 0 Å². The highest BCUT2D eigenvalue weighted by molar-refractivity contribution is 5.27. The molecule has 1 aromatic rings. The molecule has 1 heterocycles. The zero-order valence-electron chi connectivity index (χ0n) is 11.9. The summed E-state index contributed by atoms with van der Waals surface area (Å²) in [5.41, 5.74) is 1.43. The summed E-state index contributed by atoms with van der Waals surface area (Å²) in [6.45, 7) is 7.13. The lowest BCUT2D eigenvalue weighted by molar-refractivity contribution is 0.225. The van der Waals surface area contributed by atoms with Gasteiger partial charge in [0.1, 0.15) is 5.75 Å². The van der Waals surface area contributed by atoms with Crippen molar-refractivity contribution in [3.8, 4) is 5.75 Å². The molecular weight excluding hydrogens is 222 g/mol. The maximum atomic E-state index is 5.20. The SMILES string of the molecule is COc1ccc(C[C@@H]2CCCN2CC(C)C)cc1. The van der Waals surface area contributed by atoms with Crippen LogP contribution in [0.15, 0.2) is 24.3 Å². The minimum absolute atomic E-state index is 0.737. The van der Waals surface area contributed by atoms with Crippen LogP contribution < -0.4 is 4.74 Å². The molecule has 1 saturated heterocycles. The van der Waals surface area contributed by atoms with Gasteiger partial charge < -0.3 is 4.74 Å². The van der Waals surface area contributed by atoms with Crippen LogP contribution in [0.2, 0.25) is 0 Å². The Morgan fingerprint density at radius 2 is 2.00 bits per heavy atom. The molecule has 2 heteroatoms. The van der Waals surface area contributed by atoms with Crippen LogP contribution in [0.1, 0.15) is 32.3 Å². The van der Waals surface area contributed by atoms with Gasteiger partial charge in [-0.15, -0.1) is 0 Å². The fraction of sp³-hybridized carbons (Fsp3) is 0.625. The van der Waals surface area contributed by atoms with Gasteiger partial charge in [-0.25, -0.2) is 0 Å². The van der Waals surface area contributed by atoms with E-state index in [1.165, 1.54) is 37.9 Å². The molecule has 0 amide bonds. The van der Waals surface area contributed by atoms with Crippen molar-refractivity contribution >= 4 is 0 Å². The van der Waals surface area contributed by atoms with Crippen molar-refractivity contribution in [1.29, 1.82) is 0 Å². The molecule has 1 aliphatic rings. The van der Waals surface area contributed by atoms with Crippen LogP contribution in [-0.4, -0.2) is 31.1 Å². The lowest BCUT2D eigenvalue weighted by Crippen LogP contribution is -2.34. The standard InChI is InChI=1S/C16H25NO/c1-13(2)12-17-10-4-5-15(17)11-14-6-8-16(18-3)9-7-14/h6-9,13,15H,4-5,10-12H2,1-3H3/t15-/m0/s1. The van der Waals surface area contributed by atoms with Crippen molar-refractivity contribution in [1.82, 2.24) is 4.90 Å². The molecule has 0 unspecified atom stereocenters. The number of ether oxygens (including phenoxy) is 1. The number of hydrogen-bond donors (Lipinski definition) is 0. The van der Waals surface area contributed by atoms with Gasteiger partial charge in [-0.05, 0) is 49.4 Å². The van der Waals surface area contributed by atoms with Crippen LogP contribution in [0, 0.1) is 5.92 Å². The molecule has 0 bridgehead atoms. The molecule has 1 atom stereocenters. The Morgan fingerprint density at radius 1 is 1.28 bits per heavy atom. The average molecular weight is 247 g/mol. The third kappa shape index (κ3) is 3.49. The van der Waals surface area contributed by atoms with E-state index < -0.39 is 0 Å². The normalized spacial score (nSPS) is 20.6. The maximum absolute atomic E-state index is 5.20. The van der Waals surface area contributed by atoms with E-state index in [-0.39, 0.29) is 0 Å². The summed E-state index contributed by atoms with van der Waals surface area (Å²) >= 11 is 0. The van der Waals surface area contributed by atoms with Crippen LogP contribution in [-0.2, 0) is 6.42 Å². The summed E-state index contributed by atoms with van der Waals surface area (Å²) in [6.07, 6.45) is 3.88. The molecule has 1 aliphatic heterocycles. The fourth-order valence-electron chi connectivity index (χ4n) is 2.87. The third-order valence-electron chi connectivity index (χ3n) is 3.73. The van der Waals surface area contributed by atoms with E-state index in [1.807, 2.05) is 0 Å². The molecule has 0 aliphatic carbocycles. The van der Waals surface area contributed by atoms with E-state index in [1.54, 1.807) is 7.11 Å². The van der Waals surface area contributed by atoms with E-state index in [4.69, 9.17) is 4.74 Å². The Balaban J connectivity index is 1.94. The predicted molar refractivity (Wildman–Crippen MR) is 76.1 cm³/mol. The Morgan fingerprint density at radius 3 is 2.61 bits per heavy atom. The Hall–Kier alpha value is -1.02. The fourth-order valence-corrected chi connectivity index (χ4v) is 2.87. The molecule has 18 heavy (non-hydrogen) atoms. The van der Waals surface area contributed by atoms with Gasteiger partial charge in [-0.1, -0.05) is 26.0 Å².